The molecule has 6 heteroatoms. The molecule has 1 N–H and O–H groups in total. The van der Waals surface area contributed by atoms with E-state index in [1.165, 1.54) is 12.5 Å². The van der Waals surface area contributed by atoms with Gasteiger partial charge >= 0.3 is 5.97 Å². The number of allylic oxidation sites excluding steroid dienone is 2. The molecule has 45 heavy (non-hydrogen) atoms. The van der Waals surface area contributed by atoms with Gasteiger partial charge < -0.3 is 4.74 Å². The fraction of sp³-hybridized carbons (Fsp3) is 0.718. The van der Waals surface area contributed by atoms with E-state index in [0.717, 1.165) is 63.4 Å². The third kappa shape index (κ3) is 4.86. The third-order valence-electron chi connectivity index (χ3n) is 14.6. The molecule has 0 aromatic heterocycles. The summed E-state index contributed by atoms with van der Waals surface area (Å²) in [6.07, 6.45) is 10.4. The predicted octanol–water partition coefficient (Wildman–Crippen LogP) is 8.15. The van der Waals surface area contributed by atoms with Crippen LogP contribution in [0.1, 0.15) is 119 Å². The Hall–Kier alpha value is -2.47. The van der Waals surface area contributed by atoms with Crippen LogP contribution < -0.4 is 5.48 Å². The van der Waals surface area contributed by atoms with Crippen LogP contribution in [0.4, 0.5) is 0 Å². The second-order valence-corrected chi connectivity index (χ2v) is 17.4. The molecule has 6 nitrogen and oxygen atoms in total. The largest absolute Gasteiger partial charge is 0.462 e. The molecule has 4 fully saturated rings. The van der Waals surface area contributed by atoms with Crippen LogP contribution in [0.2, 0.25) is 0 Å². The summed E-state index contributed by atoms with van der Waals surface area (Å²) >= 11 is 0. The Bertz CT molecular complexity index is 1400. The van der Waals surface area contributed by atoms with Crippen molar-refractivity contribution in [2.24, 2.45) is 50.2 Å². The summed E-state index contributed by atoms with van der Waals surface area (Å²) in [4.78, 5) is 46.0. The molecule has 0 bridgehead atoms. The SMILES string of the molecule is CC(=O)O[C@H]1CC[C@]2(C)[C@H]3C(=O)C=C4[C@@H]5C[C@@](C)(C(=O)NOCc6ccccc6)CC[C@]5(C)CC[C@@]4(C)[C@]3(C)CC[C@H]2C1(C)C. The summed E-state index contributed by atoms with van der Waals surface area (Å²) in [5, 5.41) is 0. The Balaban J connectivity index is 1.29. The van der Waals surface area contributed by atoms with E-state index in [1.54, 1.807) is 0 Å². The van der Waals surface area contributed by atoms with Crippen molar-refractivity contribution in [1.29, 1.82) is 0 Å². The van der Waals surface area contributed by atoms with Crippen molar-refractivity contribution in [2.75, 3.05) is 0 Å². The van der Waals surface area contributed by atoms with Gasteiger partial charge in [-0.1, -0.05) is 84.4 Å². The zero-order valence-corrected chi connectivity index (χ0v) is 28.9. The second-order valence-electron chi connectivity index (χ2n) is 17.4. The van der Waals surface area contributed by atoms with E-state index in [9.17, 15) is 14.4 Å². The molecule has 0 unspecified atom stereocenters. The highest BCUT2D eigenvalue weighted by Crippen LogP contribution is 2.75. The Labute approximate surface area is 270 Å². The highest BCUT2D eigenvalue weighted by molar-refractivity contribution is 5.95. The average Bonchev–Trinajstić information content (AvgIpc) is 2.97. The Kier molecular flexibility index (Phi) is 7.78. The molecule has 4 saturated carbocycles. The minimum atomic E-state index is -0.566. The summed E-state index contributed by atoms with van der Waals surface area (Å²) in [6, 6.07) is 9.88. The van der Waals surface area contributed by atoms with E-state index in [2.05, 4.69) is 60.0 Å². The number of benzene rings is 1. The lowest BCUT2D eigenvalue weighted by Crippen LogP contribution is -2.66. The van der Waals surface area contributed by atoms with Crippen LogP contribution in [0.15, 0.2) is 42.0 Å². The van der Waals surface area contributed by atoms with Crippen molar-refractivity contribution in [3.05, 3.63) is 47.5 Å². The molecule has 246 valence electrons. The Morgan fingerprint density at radius 1 is 0.889 bits per heavy atom. The molecule has 9 atom stereocenters. The number of carbonyl (C=O) groups excluding carboxylic acids is 3. The quantitative estimate of drug-likeness (QED) is 0.266. The van der Waals surface area contributed by atoms with Crippen molar-refractivity contribution < 1.29 is 24.0 Å². The molecule has 1 aromatic rings. The molecule has 0 aliphatic heterocycles. The van der Waals surface area contributed by atoms with Gasteiger partial charge in [0.2, 0.25) is 5.91 Å². The Morgan fingerprint density at radius 2 is 1.58 bits per heavy atom. The number of carbonyl (C=O) groups is 3. The molecule has 1 amide bonds. The van der Waals surface area contributed by atoms with E-state index in [4.69, 9.17) is 9.57 Å². The number of hydroxylamine groups is 1. The van der Waals surface area contributed by atoms with Crippen molar-refractivity contribution in [1.82, 2.24) is 5.48 Å². The van der Waals surface area contributed by atoms with Gasteiger partial charge in [0.15, 0.2) is 5.78 Å². The summed E-state index contributed by atoms with van der Waals surface area (Å²) in [5.41, 5.74) is 3.99. The molecule has 0 saturated heterocycles. The van der Waals surface area contributed by atoms with E-state index in [1.807, 2.05) is 30.3 Å². The molecule has 0 spiro atoms. The highest BCUT2D eigenvalue weighted by atomic mass is 16.6. The van der Waals surface area contributed by atoms with Crippen LogP contribution in [-0.4, -0.2) is 23.8 Å². The number of esters is 1. The number of hydrogen-bond acceptors (Lipinski definition) is 5. The molecule has 6 rings (SSSR count). The number of amides is 1. The van der Waals surface area contributed by atoms with E-state index in [-0.39, 0.29) is 62.7 Å². The van der Waals surface area contributed by atoms with Crippen molar-refractivity contribution in [3.63, 3.8) is 0 Å². The van der Waals surface area contributed by atoms with Crippen molar-refractivity contribution in [3.8, 4) is 0 Å². The smallest absolute Gasteiger partial charge is 0.302 e. The Morgan fingerprint density at radius 3 is 2.27 bits per heavy atom. The topological polar surface area (TPSA) is 81.7 Å². The molecule has 0 heterocycles. The first-order chi connectivity index (χ1) is 21.0. The van der Waals surface area contributed by atoms with Gasteiger partial charge in [-0.25, -0.2) is 5.48 Å². The minimum absolute atomic E-state index is 0.0561. The first-order valence-corrected chi connectivity index (χ1v) is 17.4. The zero-order valence-electron chi connectivity index (χ0n) is 28.9. The predicted molar refractivity (Wildman–Crippen MR) is 174 cm³/mol. The lowest BCUT2D eigenvalue weighted by molar-refractivity contribution is -0.210. The molecule has 1 aromatic carbocycles. The van der Waals surface area contributed by atoms with Crippen LogP contribution in [0, 0.1) is 50.2 Å². The van der Waals surface area contributed by atoms with Gasteiger partial charge in [-0.15, -0.1) is 0 Å². The minimum Gasteiger partial charge on any atom is -0.462 e. The third-order valence-corrected chi connectivity index (χ3v) is 14.6. The fourth-order valence-corrected chi connectivity index (χ4v) is 11.7. The number of rotatable bonds is 5. The summed E-state index contributed by atoms with van der Waals surface area (Å²) < 4.78 is 5.87. The van der Waals surface area contributed by atoms with Crippen molar-refractivity contribution in [2.45, 2.75) is 126 Å². The van der Waals surface area contributed by atoms with Crippen LogP contribution in [0.25, 0.3) is 0 Å². The van der Waals surface area contributed by atoms with Crippen molar-refractivity contribution >= 4 is 17.7 Å². The fourth-order valence-electron chi connectivity index (χ4n) is 11.7. The van der Waals surface area contributed by atoms with Gasteiger partial charge in [0.1, 0.15) is 6.10 Å². The van der Waals surface area contributed by atoms with Gasteiger partial charge in [0, 0.05) is 23.7 Å². The second kappa shape index (κ2) is 10.8. The lowest BCUT2D eigenvalue weighted by atomic mass is 9.33. The maximum atomic E-state index is 14.7. The van der Waals surface area contributed by atoms with Crippen LogP contribution in [0.5, 0.6) is 0 Å². The number of ether oxygens (including phenoxy) is 1. The maximum absolute atomic E-state index is 14.7. The number of hydrogen-bond donors (Lipinski definition) is 1. The molecule has 5 aliphatic rings. The lowest BCUT2D eigenvalue weighted by Gasteiger charge is -2.70. The van der Waals surface area contributed by atoms with E-state index < -0.39 is 5.41 Å². The molecule has 5 aliphatic carbocycles. The highest BCUT2D eigenvalue weighted by Gasteiger charge is 2.70. The standard InChI is InChI=1S/C39H55NO5/c1-25(41)45-31-15-16-37(6)30(34(31,2)3)14-17-39(8)32(37)29(42)22-27-28-23-36(5,19-18-35(28,4)20-21-38(27,39)7)33(43)40-44-24-26-12-10-9-11-13-26/h9-13,22,28,30-32H,14-21,23-24H2,1-8H3,(H,40,43)/t28-,30-,31-,32+,35+,36-,37-,38+,39+/m0/s1. The molecular weight excluding hydrogens is 562 g/mol. The first kappa shape index (κ1) is 32.5. The average molecular weight is 618 g/mol. The normalized spacial score (nSPS) is 43.5. The molecule has 0 radical (unpaired) electrons. The summed E-state index contributed by atoms with van der Waals surface area (Å²) in [5.74, 6) is 0.426. The van der Waals surface area contributed by atoms with Gasteiger partial charge in [-0.05, 0) is 103 Å². The first-order valence-electron chi connectivity index (χ1n) is 17.4. The van der Waals surface area contributed by atoms with Crippen LogP contribution >= 0.6 is 0 Å². The monoisotopic (exact) mass is 617 g/mol. The number of ketones is 1. The number of fused-ring (bicyclic) bond motifs is 7. The van der Waals surface area contributed by atoms with Crippen LogP contribution in [-0.2, 0) is 30.6 Å². The van der Waals surface area contributed by atoms with E-state index in [0.29, 0.717) is 12.5 Å². The zero-order chi connectivity index (χ0) is 32.6. The number of nitrogens with one attached hydrogen (secondary N) is 1. The maximum Gasteiger partial charge on any atom is 0.302 e. The van der Waals surface area contributed by atoms with Gasteiger partial charge in [0.05, 0.1) is 6.61 Å². The summed E-state index contributed by atoms with van der Waals surface area (Å²) in [7, 11) is 0. The van der Waals surface area contributed by atoms with Crippen LogP contribution in [0.3, 0.4) is 0 Å². The van der Waals surface area contributed by atoms with Gasteiger partial charge in [0.25, 0.3) is 0 Å². The van der Waals surface area contributed by atoms with E-state index >= 15 is 0 Å². The summed E-state index contributed by atoms with van der Waals surface area (Å²) in [6.45, 7) is 18.1. The molecular formula is C39H55NO5. The van der Waals surface area contributed by atoms with Gasteiger partial charge in [-0.2, -0.15) is 0 Å². The van der Waals surface area contributed by atoms with Gasteiger partial charge in [-0.3, -0.25) is 19.2 Å².